The molecule has 8 nitrogen and oxygen atoms in total. The monoisotopic (exact) mass is 814 g/mol. The van der Waals surface area contributed by atoms with Gasteiger partial charge in [-0.2, -0.15) is 0 Å². The Morgan fingerprint density at radius 3 is 2.39 bits per heavy atom. The minimum absolute atomic E-state index is 0.0292. The number of piperidine rings is 1. The van der Waals surface area contributed by atoms with Crippen LogP contribution in [0.25, 0.3) is 0 Å². The van der Waals surface area contributed by atoms with Crippen LogP contribution < -0.4 is 16.2 Å². The summed E-state index contributed by atoms with van der Waals surface area (Å²) in [6.45, 7) is 20.6. The Kier molecular flexibility index (Phi) is 12.9. The zero-order valence-corrected chi connectivity index (χ0v) is 37.6. The summed E-state index contributed by atoms with van der Waals surface area (Å²) in [6, 6.07) is 14.7. The van der Waals surface area contributed by atoms with E-state index in [1.807, 2.05) is 23.1 Å². The van der Waals surface area contributed by atoms with Gasteiger partial charge in [0.05, 0.1) is 6.42 Å². The van der Waals surface area contributed by atoms with E-state index in [-0.39, 0.29) is 68.7 Å². The maximum Gasteiger partial charge on any atom is 0.234 e. The Hall–Kier alpha value is -3.08. The molecule has 1 saturated heterocycles. The van der Waals surface area contributed by atoms with Crippen molar-refractivity contribution in [3.8, 4) is 0 Å². The smallest absolute Gasteiger partial charge is 0.234 e. The van der Waals surface area contributed by atoms with Crippen LogP contribution in [0.2, 0.25) is 0 Å². The molecule has 0 radical (unpaired) electrons. The van der Waals surface area contributed by atoms with Crippen LogP contribution in [0, 0.1) is 34.5 Å². The van der Waals surface area contributed by atoms with Crippen LogP contribution in [0.15, 0.2) is 59.1 Å². The summed E-state index contributed by atoms with van der Waals surface area (Å²) in [5, 5.41) is 3.72. The molecule has 0 bridgehead atoms. The summed E-state index contributed by atoms with van der Waals surface area (Å²) in [4.78, 5) is 57.3. The average Bonchev–Trinajstić information content (AvgIpc) is 3.50. The lowest BCUT2D eigenvalue weighted by atomic mass is 9.49. The molecule has 1 heterocycles. The Morgan fingerprint density at radius 1 is 0.947 bits per heavy atom. The van der Waals surface area contributed by atoms with Gasteiger partial charge in [0.15, 0.2) is 5.78 Å². The van der Waals surface area contributed by atoms with Gasteiger partial charge in [0.1, 0.15) is 0 Å². The van der Waals surface area contributed by atoms with E-state index in [4.69, 9.17) is 0 Å². The summed E-state index contributed by atoms with van der Waals surface area (Å²) in [7, 11) is 5.06. The van der Waals surface area contributed by atoms with Crippen molar-refractivity contribution in [1.29, 1.82) is 0 Å². The second-order valence-corrected chi connectivity index (χ2v) is 22.5. The van der Waals surface area contributed by atoms with Crippen molar-refractivity contribution < 1.29 is 19.2 Å². The first-order valence-corrected chi connectivity index (χ1v) is 23.4. The number of likely N-dealkylation sites (tertiary alicyclic amines) is 1. The predicted molar refractivity (Wildman–Crippen MR) is 235 cm³/mol. The lowest BCUT2D eigenvalue weighted by Gasteiger charge is -2.60. The van der Waals surface area contributed by atoms with Gasteiger partial charge in [0.2, 0.25) is 17.7 Å². The molecule has 2 saturated carbocycles. The van der Waals surface area contributed by atoms with Crippen molar-refractivity contribution in [2.45, 2.75) is 141 Å². The molecule has 0 spiro atoms. The van der Waals surface area contributed by atoms with Crippen molar-refractivity contribution in [3.63, 3.8) is 0 Å². The highest BCUT2D eigenvalue weighted by molar-refractivity contribution is 8.77. The highest BCUT2D eigenvalue weighted by atomic mass is 33.1. The van der Waals surface area contributed by atoms with Crippen LogP contribution in [-0.4, -0.2) is 47.2 Å². The number of fused-ring (bicyclic) bond motifs is 5. The summed E-state index contributed by atoms with van der Waals surface area (Å²) >= 11 is 0. The molecule has 3 aliphatic carbocycles. The third-order valence-electron chi connectivity index (χ3n) is 13.9. The lowest BCUT2D eigenvalue weighted by Crippen LogP contribution is -2.59. The highest BCUT2D eigenvalue weighted by Gasteiger charge is 2.62. The largest absolute Gasteiger partial charge is 0.326 e. The third kappa shape index (κ3) is 9.08. The van der Waals surface area contributed by atoms with Gasteiger partial charge in [0.25, 0.3) is 0 Å². The van der Waals surface area contributed by atoms with Crippen LogP contribution in [0.1, 0.15) is 130 Å². The number of hydrogen-bond acceptors (Lipinski definition) is 7. The summed E-state index contributed by atoms with van der Waals surface area (Å²) in [5.74, 6) is 1.02. The normalized spacial score (nSPS) is 27.8. The number of hydrazine groups is 1. The molecular weight excluding hydrogens is 749 g/mol. The highest BCUT2D eigenvalue weighted by Crippen LogP contribution is 2.65. The van der Waals surface area contributed by atoms with Gasteiger partial charge in [-0.1, -0.05) is 114 Å². The van der Waals surface area contributed by atoms with Gasteiger partial charge >= 0.3 is 0 Å². The number of amides is 3. The quantitative estimate of drug-likeness (QED) is 0.153. The summed E-state index contributed by atoms with van der Waals surface area (Å²) in [6.07, 6.45) is 8.24. The number of carbonyl (C=O) groups is 4. The first-order chi connectivity index (χ1) is 26.8. The van der Waals surface area contributed by atoms with Crippen LogP contribution in [0.4, 0.5) is 5.69 Å². The van der Waals surface area contributed by atoms with Crippen LogP contribution in [-0.2, 0) is 36.4 Å². The van der Waals surface area contributed by atoms with E-state index in [0.29, 0.717) is 31.2 Å². The second-order valence-electron chi connectivity index (χ2n) is 19.8. The average molecular weight is 815 g/mol. The minimum Gasteiger partial charge on any atom is -0.326 e. The van der Waals surface area contributed by atoms with Gasteiger partial charge in [-0.3, -0.25) is 24.6 Å². The molecule has 2 aromatic rings. The molecular formula is C47H66N4O4S2. The van der Waals surface area contributed by atoms with Gasteiger partial charge in [0, 0.05) is 65.4 Å². The minimum atomic E-state index is -0.275. The van der Waals surface area contributed by atoms with Gasteiger partial charge in [-0.05, 0) is 101 Å². The molecule has 3 amide bonds. The number of hydrogen-bond donors (Lipinski definition) is 3. The molecule has 3 fully saturated rings. The van der Waals surface area contributed by atoms with E-state index < -0.39 is 0 Å². The van der Waals surface area contributed by atoms with E-state index in [9.17, 15) is 19.2 Å². The molecule has 0 aromatic heterocycles. The summed E-state index contributed by atoms with van der Waals surface area (Å²) in [5.41, 5.74) is 9.86. The maximum atomic E-state index is 14.7. The molecule has 6 rings (SSSR count). The third-order valence-corrected chi connectivity index (χ3v) is 17.0. The number of ketones is 1. The Bertz CT molecular complexity index is 1900. The fourth-order valence-electron chi connectivity index (χ4n) is 10.7. The van der Waals surface area contributed by atoms with E-state index >= 15 is 0 Å². The predicted octanol–water partition coefficient (Wildman–Crippen LogP) is 9.78. The Labute approximate surface area is 349 Å². The van der Waals surface area contributed by atoms with Crippen LogP contribution in [0.3, 0.4) is 0 Å². The first kappa shape index (κ1) is 43.5. The molecule has 2 aromatic carbocycles. The molecule has 3 N–H and O–H groups in total. The van der Waals surface area contributed by atoms with Crippen molar-refractivity contribution in [2.24, 2.45) is 34.5 Å². The number of allylic oxidation sites excluding steroid dienone is 2. The molecule has 10 heteroatoms. The number of rotatable bonds is 11. The molecule has 57 heavy (non-hydrogen) atoms. The van der Waals surface area contributed by atoms with Crippen molar-refractivity contribution in [2.75, 3.05) is 18.9 Å². The van der Waals surface area contributed by atoms with Crippen LogP contribution >= 0.6 is 21.6 Å². The van der Waals surface area contributed by atoms with Gasteiger partial charge < -0.3 is 10.2 Å². The number of anilines is 1. The molecule has 7 atom stereocenters. The lowest BCUT2D eigenvalue weighted by molar-refractivity contribution is -0.142. The van der Waals surface area contributed by atoms with E-state index in [2.05, 4.69) is 103 Å². The first-order valence-electron chi connectivity index (χ1n) is 21.1. The number of nitrogens with zero attached hydrogens (tertiary/aromatic N) is 1. The standard InChI is InChI=1S/C47H66N4O4S2/c1-29(15-20-41(53)50-48-10)56-57-39-14-12-11-13-30(39)25-42(54)51-28-33-34-18-19-37(46(34,8)24-22-35(33)47(9)23-21-32(52)27-40(47)51)43(55)49-38-26-31(44(2,3)4)16-17-36(38)45(5,6)7/h11-14,16-17,26-27,29,33-35,37,48H,15,18-25,28H2,1-10H3,(H,49,55)(H,50,53). The van der Waals surface area contributed by atoms with Crippen molar-refractivity contribution in [3.05, 3.63) is 70.9 Å². The van der Waals surface area contributed by atoms with E-state index in [1.54, 1.807) is 34.7 Å². The molecule has 4 aliphatic rings. The van der Waals surface area contributed by atoms with E-state index in [0.717, 1.165) is 65.9 Å². The molecule has 310 valence electrons. The second kappa shape index (κ2) is 16.9. The van der Waals surface area contributed by atoms with Crippen molar-refractivity contribution >= 4 is 50.8 Å². The Morgan fingerprint density at radius 2 is 1.68 bits per heavy atom. The molecule has 7 unspecified atom stereocenters. The number of nitrogens with one attached hydrogen (secondary N) is 3. The maximum absolute atomic E-state index is 14.7. The fraction of sp³-hybridized carbons (Fsp3) is 0.617. The molecule has 1 aliphatic heterocycles. The van der Waals surface area contributed by atoms with Gasteiger partial charge in [-0.25, -0.2) is 5.43 Å². The van der Waals surface area contributed by atoms with Gasteiger partial charge in [-0.15, -0.1) is 0 Å². The zero-order chi connectivity index (χ0) is 41.5. The Balaban J connectivity index is 1.22. The zero-order valence-electron chi connectivity index (χ0n) is 36.0. The summed E-state index contributed by atoms with van der Waals surface area (Å²) < 4.78 is 0. The topological polar surface area (TPSA) is 108 Å². The van der Waals surface area contributed by atoms with E-state index in [1.165, 1.54) is 5.56 Å². The van der Waals surface area contributed by atoms with Crippen molar-refractivity contribution in [1.82, 2.24) is 15.8 Å². The fourth-order valence-corrected chi connectivity index (χ4v) is 13.1. The number of benzene rings is 2. The number of carbonyl (C=O) groups excluding carboxylic acids is 4. The van der Waals surface area contributed by atoms with Crippen LogP contribution in [0.5, 0.6) is 0 Å². The SMILES string of the molecule is CNNC(=O)CCC(C)SSc1ccccc1CC(=O)N1CC2C(CCC3(C)C(C(=O)Nc4cc(C(C)(C)C)ccc4C(C)(C)C)CCC23)C2(C)CCC(=O)C=C12.